The first kappa shape index (κ1) is 25.8. The summed E-state index contributed by atoms with van der Waals surface area (Å²) in [5, 5.41) is 3.15. The van der Waals surface area contributed by atoms with Crippen molar-refractivity contribution in [2.24, 2.45) is 11.8 Å². The molecule has 3 aliphatic rings. The van der Waals surface area contributed by atoms with Gasteiger partial charge >= 0.3 is 6.18 Å². The Kier molecular flexibility index (Phi) is 7.35. The zero-order chi connectivity index (χ0) is 26.0. The molecule has 198 valence electrons. The van der Waals surface area contributed by atoms with Gasteiger partial charge in [0.25, 0.3) is 0 Å². The predicted molar refractivity (Wildman–Crippen MR) is 138 cm³/mol. The maximum absolute atomic E-state index is 13.0. The van der Waals surface area contributed by atoms with E-state index in [1.807, 2.05) is 6.07 Å². The lowest BCUT2D eigenvalue weighted by atomic mass is 9.58. The monoisotopic (exact) mass is 512 g/mol. The maximum atomic E-state index is 13.0. The molecular weight excluding hydrogens is 477 g/mol. The Morgan fingerprint density at radius 1 is 1.14 bits per heavy atom. The topological polar surface area (TPSA) is 41.6 Å². The molecule has 2 saturated carbocycles. The van der Waals surface area contributed by atoms with Crippen LogP contribution in [0.25, 0.3) is 6.08 Å². The third-order valence-electron chi connectivity index (χ3n) is 8.45. The largest absolute Gasteiger partial charge is 0.497 e. The van der Waals surface area contributed by atoms with Crippen LogP contribution in [0.4, 0.5) is 13.2 Å². The Hall–Kier alpha value is -2.80. The number of alkyl halides is 3. The molecule has 37 heavy (non-hydrogen) atoms. The number of halogens is 3. The second-order valence-corrected chi connectivity index (χ2v) is 11.0. The number of ether oxygens (including phenoxy) is 1. The van der Waals surface area contributed by atoms with E-state index in [1.165, 1.54) is 43.2 Å². The van der Waals surface area contributed by atoms with Crippen molar-refractivity contribution in [1.29, 1.82) is 0 Å². The van der Waals surface area contributed by atoms with Crippen molar-refractivity contribution >= 4 is 12.0 Å². The fraction of sp³-hybridized carbons (Fsp3) is 0.500. The van der Waals surface area contributed by atoms with Crippen molar-refractivity contribution in [1.82, 2.24) is 10.2 Å². The van der Waals surface area contributed by atoms with E-state index in [0.717, 1.165) is 62.6 Å². The van der Waals surface area contributed by atoms with Crippen molar-refractivity contribution in [2.75, 3.05) is 26.7 Å². The number of likely N-dealkylation sites (tertiary alicyclic amines) is 1. The van der Waals surface area contributed by atoms with Crippen molar-refractivity contribution in [2.45, 2.75) is 56.2 Å². The highest BCUT2D eigenvalue weighted by Crippen LogP contribution is 2.50. The summed E-state index contributed by atoms with van der Waals surface area (Å²) in [7, 11) is 1.69. The molecule has 2 aliphatic carbocycles. The van der Waals surface area contributed by atoms with Crippen molar-refractivity contribution in [3.63, 3.8) is 0 Å². The van der Waals surface area contributed by atoms with Gasteiger partial charge in [-0.2, -0.15) is 13.2 Å². The highest BCUT2D eigenvalue weighted by molar-refractivity contribution is 5.92. The van der Waals surface area contributed by atoms with E-state index < -0.39 is 11.7 Å². The molecular formula is C30H35F3N2O2. The zero-order valence-corrected chi connectivity index (χ0v) is 21.3. The van der Waals surface area contributed by atoms with Crippen molar-refractivity contribution < 1.29 is 22.7 Å². The van der Waals surface area contributed by atoms with E-state index in [0.29, 0.717) is 11.5 Å². The van der Waals surface area contributed by atoms with Crippen LogP contribution in [0.5, 0.6) is 5.75 Å². The number of benzene rings is 2. The Balaban J connectivity index is 1.30. The number of carbonyl (C=O) groups excluding carboxylic acids is 1. The molecule has 1 aliphatic heterocycles. The molecule has 0 aromatic heterocycles. The minimum Gasteiger partial charge on any atom is -0.497 e. The van der Waals surface area contributed by atoms with Gasteiger partial charge in [-0.15, -0.1) is 0 Å². The molecule has 1 amide bonds. The van der Waals surface area contributed by atoms with Crippen LogP contribution in [0.3, 0.4) is 0 Å². The molecule has 0 radical (unpaired) electrons. The first-order chi connectivity index (χ1) is 17.7. The van der Waals surface area contributed by atoms with Gasteiger partial charge in [0.15, 0.2) is 0 Å². The molecule has 1 saturated heterocycles. The number of hydrogen-bond acceptors (Lipinski definition) is 3. The van der Waals surface area contributed by atoms with Gasteiger partial charge < -0.3 is 15.0 Å². The minimum atomic E-state index is -4.41. The summed E-state index contributed by atoms with van der Waals surface area (Å²) in [6, 6.07) is 13.4. The van der Waals surface area contributed by atoms with Crippen molar-refractivity contribution in [3.8, 4) is 5.75 Å². The lowest BCUT2D eigenvalue weighted by Crippen LogP contribution is -2.56. The number of fused-ring (bicyclic) bond motifs is 1. The second-order valence-electron chi connectivity index (χ2n) is 11.0. The molecule has 1 N–H and O–H groups in total. The molecule has 2 aromatic rings. The summed E-state index contributed by atoms with van der Waals surface area (Å²) in [5.74, 6) is 1.96. The highest BCUT2D eigenvalue weighted by Gasteiger charge is 2.48. The first-order valence-corrected chi connectivity index (χ1v) is 13.3. The Labute approximate surface area is 216 Å². The zero-order valence-electron chi connectivity index (χ0n) is 21.3. The van der Waals surface area contributed by atoms with E-state index in [-0.39, 0.29) is 17.4 Å². The number of hydrogen-bond donors (Lipinski definition) is 1. The maximum Gasteiger partial charge on any atom is 0.416 e. The molecule has 3 fully saturated rings. The summed E-state index contributed by atoms with van der Waals surface area (Å²) in [6.45, 7) is 3.34. The number of amides is 1. The number of carbonyl (C=O) groups is 1. The summed E-state index contributed by atoms with van der Waals surface area (Å²) < 4.78 is 44.6. The fourth-order valence-corrected chi connectivity index (χ4v) is 6.35. The Morgan fingerprint density at radius 2 is 1.95 bits per heavy atom. The van der Waals surface area contributed by atoms with Crippen LogP contribution in [0.2, 0.25) is 0 Å². The Morgan fingerprint density at radius 3 is 2.70 bits per heavy atom. The molecule has 2 aromatic carbocycles. The number of rotatable bonds is 7. The Bertz CT molecular complexity index is 1140. The number of piperidine rings is 1. The fourth-order valence-electron chi connectivity index (χ4n) is 6.35. The number of nitrogens with one attached hydrogen (secondary N) is 1. The van der Waals surface area contributed by atoms with Crippen LogP contribution in [-0.4, -0.2) is 43.6 Å². The normalized spacial score (nSPS) is 26.6. The summed E-state index contributed by atoms with van der Waals surface area (Å²) in [4.78, 5) is 15.4. The quantitative estimate of drug-likeness (QED) is 0.458. The van der Waals surface area contributed by atoms with E-state index in [2.05, 4.69) is 28.4 Å². The van der Waals surface area contributed by atoms with E-state index in [9.17, 15) is 18.0 Å². The molecule has 4 nitrogen and oxygen atoms in total. The second kappa shape index (κ2) is 10.5. The van der Waals surface area contributed by atoms with Gasteiger partial charge in [0.2, 0.25) is 5.91 Å². The van der Waals surface area contributed by atoms with Crippen LogP contribution in [0.15, 0.2) is 54.6 Å². The highest BCUT2D eigenvalue weighted by atomic mass is 19.4. The molecule has 1 heterocycles. The van der Waals surface area contributed by atoms with Gasteiger partial charge in [0.05, 0.1) is 12.7 Å². The average molecular weight is 513 g/mol. The molecule has 5 rings (SSSR count). The summed E-state index contributed by atoms with van der Waals surface area (Å²) in [5.41, 5.74) is 0.878. The number of methoxy groups -OCH3 is 1. The van der Waals surface area contributed by atoms with Gasteiger partial charge in [-0.05, 0) is 98.4 Å². The van der Waals surface area contributed by atoms with Gasteiger partial charge in [0.1, 0.15) is 5.75 Å². The average Bonchev–Trinajstić information content (AvgIpc) is 3.71. The molecule has 0 spiro atoms. The third-order valence-corrected chi connectivity index (χ3v) is 8.45. The van der Waals surface area contributed by atoms with E-state index >= 15 is 0 Å². The lowest BCUT2D eigenvalue weighted by molar-refractivity contribution is -0.137. The van der Waals surface area contributed by atoms with Gasteiger partial charge in [-0.25, -0.2) is 0 Å². The van der Waals surface area contributed by atoms with Gasteiger partial charge in [-0.1, -0.05) is 24.3 Å². The molecule has 3 atom stereocenters. The van der Waals surface area contributed by atoms with Crippen molar-refractivity contribution in [3.05, 3.63) is 71.3 Å². The van der Waals surface area contributed by atoms with E-state index in [4.69, 9.17) is 4.74 Å². The summed E-state index contributed by atoms with van der Waals surface area (Å²) in [6.07, 6.45) is 4.91. The van der Waals surface area contributed by atoms with Crippen LogP contribution in [0.1, 0.15) is 55.2 Å². The third kappa shape index (κ3) is 6.03. The van der Waals surface area contributed by atoms with Crippen LogP contribution < -0.4 is 10.1 Å². The molecule has 7 heteroatoms. The first-order valence-electron chi connectivity index (χ1n) is 13.3. The molecule has 0 bridgehead atoms. The summed E-state index contributed by atoms with van der Waals surface area (Å²) >= 11 is 0. The van der Waals surface area contributed by atoms with Crippen LogP contribution in [-0.2, 0) is 16.4 Å². The lowest BCUT2D eigenvalue weighted by Gasteiger charge is -2.53. The van der Waals surface area contributed by atoms with Crippen LogP contribution >= 0.6 is 0 Å². The standard InChI is InChI=1S/C30H35F3N2O2/c1-37-27-7-3-5-23(17-27)29-14-15-35(19-22-8-9-22)20-25(29)11-12-26(18-29)34-28(36)13-10-21-4-2-6-24(16-21)30(31,32)33/h2-7,10,13,16-17,22,25-26H,8-9,11-12,14-15,18-20H2,1H3,(H,34,36)/b13-10+. The predicted octanol–water partition coefficient (Wildman–Crippen LogP) is 6.07. The van der Waals surface area contributed by atoms with Gasteiger partial charge in [0, 0.05) is 30.6 Å². The van der Waals surface area contributed by atoms with E-state index in [1.54, 1.807) is 13.2 Å². The van der Waals surface area contributed by atoms with Crippen LogP contribution in [0, 0.1) is 11.8 Å². The molecule has 3 unspecified atom stereocenters. The van der Waals surface area contributed by atoms with Gasteiger partial charge in [-0.3, -0.25) is 4.79 Å². The smallest absolute Gasteiger partial charge is 0.416 e. The SMILES string of the molecule is COc1cccc(C23CCN(CC4CC4)CC2CCC(NC(=O)/C=C/c2cccc(C(F)(F)F)c2)C3)c1. The number of nitrogens with zero attached hydrogens (tertiary/aromatic N) is 1. The minimum absolute atomic E-state index is 0.0103.